The van der Waals surface area contributed by atoms with Crippen molar-refractivity contribution in [2.24, 2.45) is 0 Å². The Morgan fingerprint density at radius 3 is 2.88 bits per heavy atom. The summed E-state index contributed by atoms with van der Waals surface area (Å²) in [6, 6.07) is 15.6. The Hall–Kier alpha value is -3.52. The quantitative estimate of drug-likeness (QED) is 0.484. The highest BCUT2D eigenvalue weighted by Crippen LogP contribution is 2.30. The maximum absolute atomic E-state index is 13.3. The van der Waals surface area contributed by atoms with Gasteiger partial charge in [-0.3, -0.25) is 9.78 Å². The zero-order valence-corrected chi connectivity index (χ0v) is 18.5. The van der Waals surface area contributed by atoms with Gasteiger partial charge in [-0.15, -0.1) is 22.0 Å². The van der Waals surface area contributed by atoms with Crippen molar-refractivity contribution in [2.75, 3.05) is 11.1 Å². The Kier molecular flexibility index (Phi) is 5.68. The zero-order chi connectivity index (χ0) is 21.9. The van der Waals surface area contributed by atoms with Crippen molar-refractivity contribution in [2.45, 2.75) is 31.2 Å². The number of benzene rings is 1. The smallest absolute Gasteiger partial charge is 0.257 e. The van der Waals surface area contributed by atoms with Crippen LogP contribution in [0.2, 0.25) is 0 Å². The molecule has 3 aromatic heterocycles. The molecule has 1 aliphatic heterocycles. The molecule has 0 fully saturated rings. The van der Waals surface area contributed by atoms with E-state index in [9.17, 15) is 4.79 Å². The number of aryl methyl sites for hydroxylation is 2. The first kappa shape index (κ1) is 20.4. The molecule has 4 heterocycles. The summed E-state index contributed by atoms with van der Waals surface area (Å²) in [5, 5.41) is 11.2. The van der Waals surface area contributed by atoms with E-state index in [2.05, 4.69) is 44.5 Å². The van der Waals surface area contributed by atoms with Crippen LogP contribution in [0.15, 0.2) is 66.0 Å². The van der Waals surface area contributed by atoms with Gasteiger partial charge in [0.05, 0.1) is 5.56 Å². The number of rotatable bonds is 2. The van der Waals surface area contributed by atoms with Gasteiger partial charge in [-0.25, -0.2) is 4.98 Å². The number of hydrogen-bond donors (Lipinski definition) is 1. The third-order valence-corrected chi connectivity index (χ3v) is 6.54. The average molecular weight is 443 g/mol. The van der Waals surface area contributed by atoms with Gasteiger partial charge < -0.3 is 9.88 Å². The van der Waals surface area contributed by atoms with Gasteiger partial charge in [-0.05, 0) is 54.5 Å². The fraction of sp³-hybridized carbons (Fsp3) is 0.208. The molecule has 1 amide bonds. The molecule has 1 N–H and O–H groups in total. The lowest BCUT2D eigenvalue weighted by Crippen LogP contribution is -2.14. The largest absolute Gasteiger partial charge is 0.312 e. The van der Waals surface area contributed by atoms with Gasteiger partial charge in [0.1, 0.15) is 17.8 Å². The van der Waals surface area contributed by atoms with Crippen molar-refractivity contribution >= 4 is 23.5 Å². The number of carbonyl (C=O) groups is 1. The summed E-state index contributed by atoms with van der Waals surface area (Å²) < 4.78 is 2.00. The molecular weight excluding hydrogens is 420 g/mol. The van der Waals surface area contributed by atoms with E-state index >= 15 is 0 Å². The molecule has 1 aliphatic rings. The van der Waals surface area contributed by atoms with Crippen molar-refractivity contribution in [1.82, 2.24) is 24.7 Å². The second-order valence-electron chi connectivity index (χ2n) is 7.51. The lowest BCUT2D eigenvalue weighted by molar-refractivity contribution is 0.102. The van der Waals surface area contributed by atoms with Gasteiger partial charge in [0, 0.05) is 28.9 Å². The lowest BCUT2D eigenvalue weighted by Gasteiger charge is -2.12. The summed E-state index contributed by atoms with van der Waals surface area (Å²) in [7, 11) is 0. The number of aromatic nitrogens is 5. The average Bonchev–Trinajstić information content (AvgIpc) is 3.30. The van der Waals surface area contributed by atoms with Crippen LogP contribution < -0.4 is 5.32 Å². The Morgan fingerprint density at radius 1 is 1.12 bits per heavy atom. The molecule has 0 saturated heterocycles. The predicted octanol–water partition coefficient (Wildman–Crippen LogP) is 4.71. The molecule has 2 bridgehead atoms. The van der Waals surface area contributed by atoms with Crippen molar-refractivity contribution in [3.05, 3.63) is 72.3 Å². The number of nitrogens with zero attached hydrogens (tertiary/aromatic N) is 5. The molecule has 7 nitrogen and oxygen atoms in total. The molecule has 5 rings (SSSR count). The van der Waals surface area contributed by atoms with Crippen LogP contribution in [0.25, 0.3) is 22.6 Å². The van der Waals surface area contributed by atoms with Crippen LogP contribution >= 0.6 is 11.8 Å². The van der Waals surface area contributed by atoms with E-state index < -0.39 is 0 Å². The maximum Gasteiger partial charge on any atom is 0.257 e. The SMILES string of the molecule is CCc1ccc(-c2ccc3c(c2)C(=O)Nc2cccc(n2)-c2nncn2CCCS3)cn1. The minimum Gasteiger partial charge on any atom is -0.312 e. The zero-order valence-electron chi connectivity index (χ0n) is 17.7. The highest BCUT2D eigenvalue weighted by Gasteiger charge is 2.17. The van der Waals surface area contributed by atoms with Gasteiger partial charge in [-0.1, -0.05) is 25.1 Å². The minimum absolute atomic E-state index is 0.183. The normalized spacial score (nSPS) is 13.7. The molecule has 0 saturated carbocycles. The molecule has 32 heavy (non-hydrogen) atoms. The molecular formula is C24H22N6OS. The van der Waals surface area contributed by atoms with E-state index in [0.717, 1.165) is 46.9 Å². The summed E-state index contributed by atoms with van der Waals surface area (Å²) >= 11 is 1.68. The van der Waals surface area contributed by atoms with Gasteiger partial charge in [0.15, 0.2) is 5.82 Å². The predicted molar refractivity (Wildman–Crippen MR) is 126 cm³/mol. The van der Waals surface area contributed by atoms with Crippen LogP contribution in [0.3, 0.4) is 0 Å². The Bertz CT molecular complexity index is 1270. The number of amides is 1. The highest BCUT2D eigenvalue weighted by atomic mass is 32.2. The number of thioether (sulfide) groups is 1. The second-order valence-corrected chi connectivity index (χ2v) is 8.65. The Labute approximate surface area is 190 Å². The Morgan fingerprint density at radius 2 is 2.03 bits per heavy atom. The number of hydrogen-bond acceptors (Lipinski definition) is 6. The van der Waals surface area contributed by atoms with Crippen molar-refractivity contribution in [1.29, 1.82) is 0 Å². The summed E-state index contributed by atoms with van der Waals surface area (Å²) in [6.07, 6.45) is 5.40. The fourth-order valence-electron chi connectivity index (χ4n) is 3.66. The fourth-order valence-corrected chi connectivity index (χ4v) is 4.63. The maximum atomic E-state index is 13.3. The van der Waals surface area contributed by atoms with Crippen LogP contribution in [0.1, 0.15) is 29.4 Å². The van der Waals surface area contributed by atoms with E-state index in [1.54, 1.807) is 24.2 Å². The molecule has 0 spiro atoms. The van der Waals surface area contributed by atoms with E-state index in [1.165, 1.54) is 0 Å². The first-order valence-corrected chi connectivity index (χ1v) is 11.6. The van der Waals surface area contributed by atoms with Crippen LogP contribution in [-0.2, 0) is 13.0 Å². The summed E-state index contributed by atoms with van der Waals surface area (Å²) in [4.78, 5) is 23.3. The standard InChI is InChI=1S/C24H22N6OS/c1-2-18-9-7-17(14-25-18)16-8-10-21-19(13-16)24(31)28-22-6-3-5-20(27-22)23-29-26-15-30(23)11-4-12-32-21/h3,5-10,13-15H,2,4,11-12H2,1H3,(H,27,28,31). The first-order chi connectivity index (χ1) is 15.7. The van der Waals surface area contributed by atoms with Gasteiger partial charge in [0.2, 0.25) is 0 Å². The van der Waals surface area contributed by atoms with E-state index in [-0.39, 0.29) is 5.91 Å². The third-order valence-electron chi connectivity index (χ3n) is 5.38. The molecule has 160 valence electrons. The monoisotopic (exact) mass is 442 g/mol. The molecule has 0 radical (unpaired) electrons. The van der Waals surface area contributed by atoms with Crippen LogP contribution in [-0.4, -0.2) is 36.4 Å². The van der Waals surface area contributed by atoms with Crippen molar-refractivity contribution < 1.29 is 4.79 Å². The molecule has 0 aliphatic carbocycles. The molecule has 1 aromatic carbocycles. The number of anilines is 1. The topological polar surface area (TPSA) is 85.6 Å². The highest BCUT2D eigenvalue weighted by molar-refractivity contribution is 7.99. The molecule has 0 atom stereocenters. The van der Waals surface area contributed by atoms with Crippen molar-refractivity contribution in [3.8, 4) is 22.6 Å². The third kappa shape index (κ3) is 4.13. The van der Waals surface area contributed by atoms with Crippen LogP contribution in [0.4, 0.5) is 5.82 Å². The summed E-state index contributed by atoms with van der Waals surface area (Å²) in [5.41, 5.74) is 4.32. The van der Waals surface area contributed by atoms with Gasteiger partial charge >= 0.3 is 0 Å². The molecule has 8 heteroatoms. The van der Waals surface area contributed by atoms with E-state index in [1.807, 2.05) is 41.1 Å². The van der Waals surface area contributed by atoms with Crippen LogP contribution in [0.5, 0.6) is 0 Å². The first-order valence-electron chi connectivity index (χ1n) is 10.6. The van der Waals surface area contributed by atoms with Gasteiger partial charge in [-0.2, -0.15) is 0 Å². The van der Waals surface area contributed by atoms with Gasteiger partial charge in [0.25, 0.3) is 5.91 Å². The molecule has 0 unspecified atom stereocenters. The summed E-state index contributed by atoms with van der Waals surface area (Å²) in [6.45, 7) is 2.87. The number of nitrogens with one attached hydrogen (secondary N) is 1. The summed E-state index contributed by atoms with van der Waals surface area (Å²) in [5.74, 6) is 1.87. The Balaban J connectivity index is 1.53. The number of pyridine rings is 2. The number of carbonyl (C=O) groups excluding carboxylic acids is 1. The second kappa shape index (κ2) is 8.92. The molecule has 4 aromatic rings. The van der Waals surface area contributed by atoms with E-state index in [4.69, 9.17) is 0 Å². The minimum atomic E-state index is -0.183. The lowest BCUT2D eigenvalue weighted by atomic mass is 10.0. The van der Waals surface area contributed by atoms with Crippen molar-refractivity contribution in [3.63, 3.8) is 0 Å². The van der Waals surface area contributed by atoms with Crippen LogP contribution in [0, 0.1) is 0 Å². The van der Waals surface area contributed by atoms with E-state index in [0.29, 0.717) is 22.9 Å². The number of fused-ring (bicyclic) bond motifs is 5.